The average molecular weight is 375 g/mol. The second-order valence-electron chi connectivity index (χ2n) is 7.46. The topological polar surface area (TPSA) is 37.4 Å². The number of nitrogens with zero attached hydrogens (tertiary/aromatic N) is 1. The van der Waals surface area contributed by atoms with Crippen LogP contribution in [0.1, 0.15) is 40.6 Å². The Labute approximate surface area is 160 Å². The van der Waals surface area contributed by atoms with Crippen molar-refractivity contribution < 1.29 is 8.42 Å². The van der Waals surface area contributed by atoms with Gasteiger partial charge >= 0.3 is 0 Å². The van der Waals surface area contributed by atoms with Gasteiger partial charge in [0.2, 0.25) is 0 Å². The zero-order chi connectivity index (χ0) is 18.6. The molecule has 0 aromatic heterocycles. The molecule has 2 atom stereocenters. The van der Waals surface area contributed by atoms with E-state index in [-0.39, 0.29) is 12.0 Å². The lowest BCUT2D eigenvalue weighted by Crippen LogP contribution is -2.35. The van der Waals surface area contributed by atoms with Gasteiger partial charge in [-0.1, -0.05) is 60.2 Å². The van der Waals surface area contributed by atoms with Gasteiger partial charge in [-0.25, -0.2) is 8.42 Å². The van der Waals surface area contributed by atoms with Gasteiger partial charge in [0.05, 0.1) is 16.6 Å². The summed E-state index contributed by atoms with van der Waals surface area (Å²) < 4.78 is 29.1. The second-order valence-corrected chi connectivity index (χ2v) is 9.28. The molecule has 4 heteroatoms. The first kappa shape index (κ1) is 16.6. The Hall–Kier alpha value is -2.59. The number of benzene rings is 3. The highest BCUT2D eigenvalue weighted by Gasteiger charge is 2.47. The molecule has 3 nitrogen and oxygen atoms in total. The molecule has 27 heavy (non-hydrogen) atoms. The van der Waals surface area contributed by atoms with E-state index in [1.54, 1.807) is 16.4 Å². The van der Waals surface area contributed by atoms with E-state index >= 15 is 0 Å². The van der Waals surface area contributed by atoms with Crippen LogP contribution in [0, 0.1) is 6.92 Å². The summed E-state index contributed by atoms with van der Waals surface area (Å²) in [6.07, 6.45) is 1.96. The van der Waals surface area contributed by atoms with Crippen molar-refractivity contribution in [1.82, 2.24) is 0 Å². The summed E-state index contributed by atoms with van der Waals surface area (Å²) in [5.74, 6) is 0.205. The first-order chi connectivity index (χ1) is 13.1. The predicted octanol–water partition coefficient (Wildman–Crippen LogP) is 4.98. The van der Waals surface area contributed by atoms with E-state index in [1.807, 2.05) is 49.4 Å². The Bertz CT molecular complexity index is 1120. The Morgan fingerprint density at radius 3 is 2.30 bits per heavy atom. The summed E-state index contributed by atoms with van der Waals surface area (Å²) in [5.41, 5.74) is 5.42. The Balaban J connectivity index is 1.74. The van der Waals surface area contributed by atoms with Crippen LogP contribution in [0.25, 0.3) is 0 Å². The molecule has 0 radical (unpaired) electrons. The number of aryl methyl sites for hydroxylation is 2. The van der Waals surface area contributed by atoms with Crippen LogP contribution in [0.5, 0.6) is 0 Å². The highest BCUT2D eigenvalue weighted by molar-refractivity contribution is 7.92. The van der Waals surface area contributed by atoms with Gasteiger partial charge in [-0.05, 0) is 54.7 Å². The third-order valence-corrected chi connectivity index (χ3v) is 7.69. The molecule has 1 aliphatic heterocycles. The Morgan fingerprint density at radius 2 is 1.52 bits per heavy atom. The molecule has 0 saturated carbocycles. The second kappa shape index (κ2) is 5.96. The Kier molecular flexibility index (Phi) is 3.66. The fourth-order valence-electron chi connectivity index (χ4n) is 4.61. The van der Waals surface area contributed by atoms with E-state index in [0.29, 0.717) is 4.90 Å². The fraction of sp³-hybridized carbons (Fsp3) is 0.217. The molecule has 5 rings (SSSR count). The molecule has 0 spiro atoms. The van der Waals surface area contributed by atoms with E-state index < -0.39 is 10.0 Å². The summed E-state index contributed by atoms with van der Waals surface area (Å²) in [7, 11) is -3.65. The van der Waals surface area contributed by atoms with Crippen LogP contribution in [0.15, 0.2) is 77.7 Å². The molecule has 0 N–H and O–H groups in total. The molecule has 0 saturated heterocycles. The monoisotopic (exact) mass is 375 g/mol. The molecule has 3 aromatic rings. The lowest BCUT2D eigenvalue weighted by Gasteiger charge is -2.34. The molecule has 1 heterocycles. The lowest BCUT2D eigenvalue weighted by atomic mass is 9.79. The van der Waals surface area contributed by atoms with Crippen molar-refractivity contribution in [3.05, 3.63) is 95.1 Å². The number of hydrogen-bond donors (Lipinski definition) is 0. The largest absolute Gasteiger partial charge is 0.264 e. The lowest BCUT2D eigenvalue weighted by molar-refractivity contribution is 0.505. The summed E-state index contributed by atoms with van der Waals surface area (Å²) >= 11 is 0. The molecule has 0 bridgehead atoms. The van der Waals surface area contributed by atoms with Gasteiger partial charge in [0.25, 0.3) is 10.0 Å². The van der Waals surface area contributed by atoms with Crippen LogP contribution in [0.3, 0.4) is 0 Å². The van der Waals surface area contributed by atoms with E-state index in [9.17, 15) is 8.42 Å². The summed E-state index contributed by atoms with van der Waals surface area (Å²) in [6.45, 7) is 1.97. The Morgan fingerprint density at radius 1 is 0.852 bits per heavy atom. The van der Waals surface area contributed by atoms with Crippen molar-refractivity contribution in [2.75, 3.05) is 4.31 Å². The van der Waals surface area contributed by atoms with Crippen molar-refractivity contribution in [1.29, 1.82) is 0 Å². The number of para-hydroxylation sites is 1. The van der Waals surface area contributed by atoms with Gasteiger partial charge < -0.3 is 0 Å². The number of fused-ring (bicyclic) bond motifs is 5. The minimum atomic E-state index is -3.65. The number of anilines is 1. The van der Waals surface area contributed by atoms with Crippen LogP contribution in [-0.4, -0.2) is 8.42 Å². The highest BCUT2D eigenvalue weighted by atomic mass is 32.2. The number of hydrogen-bond acceptors (Lipinski definition) is 2. The molecule has 3 aromatic carbocycles. The first-order valence-corrected chi connectivity index (χ1v) is 10.8. The number of sulfonamides is 1. The van der Waals surface area contributed by atoms with Crippen molar-refractivity contribution in [2.45, 2.75) is 36.6 Å². The van der Waals surface area contributed by atoms with Crippen LogP contribution in [0.4, 0.5) is 5.69 Å². The fourth-order valence-corrected chi connectivity index (χ4v) is 6.30. The normalized spacial score (nSPS) is 20.7. The zero-order valence-corrected chi connectivity index (χ0v) is 16.0. The first-order valence-electron chi connectivity index (χ1n) is 9.35. The molecule has 0 fully saturated rings. The summed E-state index contributed by atoms with van der Waals surface area (Å²) in [6, 6.07) is 23.2. The van der Waals surface area contributed by atoms with E-state index in [4.69, 9.17) is 0 Å². The van der Waals surface area contributed by atoms with Crippen LogP contribution >= 0.6 is 0 Å². The maximum Gasteiger partial charge on any atom is 0.264 e. The van der Waals surface area contributed by atoms with Crippen LogP contribution in [0.2, 0.25) is 0 Å². The van der Waals surface area contributed by atoms with E-state index in [2.05, 4.69) is 18.2 Å². The third-order valence-electron chi connectivity index (χ3n) is 5.88. The van der Waals surface area contributed by atoms with E-state index in [1.165, 1.54) is 5.56 Å². The smallest absolute Gasteiger partial charge is 0.258 e. The maximum absolute atomic E-state index is 13.7. The maximum atomic E-state index is 13.7. The van der Waals surface area contributed by atoms with Crippen molar-refractivity contribution >= 4 is 15.7 Å². The van der Waals surface area contributed by atoms with Crippen molar-refractivity contribution in [2.24, 2.45) is 0 Å². The average Bonchev–Trinajstić information content (AvgIpc) is 3.04. The molecular weight excluding hydrogens is 354 g/mol. The van der Waals surface area contributed by atoms with Crippen molar-refractivity contribution in [3.63, 3.8) is 0 Å². The summed E-state index contributed by atoms with van der Waals surface area (Å²) in [5, 5.41) is 0. The van der Waals surface area contributed by atoms with Gasteiger partial charge in [0.1, 0.15) is 0 Å². The van der Waals surface area contributed by atoms with E-state index in [0.717, 1.165) is 35.2 Å². The number of rotatable bonds is 2. The molecule has 136 valence electrons. The molecule has 1 aliphatic carbocycles. The van der Waals surface area contributed by atoms with Gasteiger partial charge in [0, 0.05) is 5.92 Å². The molecule has 0 unspecified atom stereocenters. The van der Waals surface area contributed by atoms with Crippen LogP contribution < -0.4 is 4.31 Å². The van der Waals surface area contributed by atoms with Crippen molar-refractivity contribution in [3.8, 4) is 0 Å². The minimum Gasteiger partial charge on any atom is -0.258 e. The SMILES string of the molecule is Cc1ccc(S(=O)(=O)N2c3ccccc3[C@H]3CCc4ccccc4[C@H]32)cc1. The predicted molar refractivity (Wildman–Crippen MR) is 108 cm³/mol. The van der Waals surface area contributed by atoms with Gasteiger partial charge in [-0.3, -0.25) is 4.31 Å². The molecule has 0 amide bonds. The van der Waals surface area contributed by atoms with Gasteiger partial charge in [-0.2, -0.15) is 0 Å². The third kappa shape index (κ3) is 2.43. The van der Waals surface area contributed by atoms with Gasteiger partial charge in [0.15, 0.2) is 0 Å². The molecule has 2 aliphatic rings. The minimum absolute atomic E-state index is 0.168. The highest BCUT2D eigenvalue weighted by Crippen LogP contribution is 2.55. The summed E-state index contributed by atoms with van der Waals surface area (Å²) in [4.78, 5) is 0.353. The van der Waals surface area contributed by atoms with Gasteiger partial charge in [-0.15, -0.1) is 0 Å². The quantitative estimate of drug-likeness (QED) is 0.634. The standard InChI is InChI=1S/C23H21NO2S/c1-16-10-13-18(14-11-16)27(25,26)24-22-9-5-4-8-20(22)21-15-12-17-6-2-3-7-19(17)23(21)24/h2-11,13-14,21,23H,12,15H2,1H3/t21-,23-/m1/s1. The zero-order valence-electron chi connectivity index (χ0n) is 15.2. The van der Waals surface area contributed by atoms with Crippen LogP contribution in [-0.2, 0) is 16.4 Å². The molecular formula is C23H21NO2S.